The second kappa shape index (κ2) is 4.43. The van der Waals surface area contributed by atoms with Crippen LogP contribution < -0.4 is 5.73 Å². The van der Waals surface area contributed by atoms with E-state index in [1.807, 2.05) is 0 Å². The summed E-state index contributed by atoms with van der Waals surface area (Å²) in [6.07, 6.45) is 3.79. The zero-order valence-corrected chi connectivity index (χ0v) is 10.6. The van der Waals surface area contributed by atoms with Crippen LogP contribution in [0.5, 0.6) is 0 Å². The largest absolute Gasteiger partial charge is 0.324 e. The van der Waals surface area contributed by atoms with Crippen LogP contribution >= 0.6 is 0 Å². The summed E-state index contributed by atoms with van der Waals surface area (Å²) in [5, 5.41) is 0. The maximum Gasteiger partial charge on any atom is 0.0369 e. The summed E-state index contributed by atoms with van der Waals surface area (Å²) in [5.41, 5.74) is 9.10. The fraction of sp³-hybridized carbons (Fsp3) is 0.600. The molecule has 2 heteroatoms. The predicted octanol–water partition coefficient (Wildman–Crippen LogP) is 2.86. The van der Waals surface area contributed by atoms with E-state index in [9.17, 15) is 0 Å². The zero-order chi connectivity index (χ0) is 11.8. The van der Waals surface area contributed by atoms with Gasteiger partial charge in [-0.25, -0.2) is 0 Å². The van der Waals surface area contributed by atoms with E-state index in [4.69, 9.17) is 5.73 Å². The van der Waals surface area contributed by atoms with Crippen LogP contribution in [0.4, 0.5) is 0 Å². The minimum Gasteiger partial charge on any atom is -0.324 e. The van der Waals surface area contributed by atoms with Gasteiger partial charge in [0.05, 0.1) is 0 Å². The Kier molecular flexibility index (Phi) is 2.93. The average molecular weight is 230 g/mol. The van der Waals surface area contributed by atoms with Crippen molar-refractivity contribution in [1.29, 1.82) is 0 Å². The average Bonchev–Trinajstić information content (AvgIpc) is 2.69. The van der Waals surface area contributed by atoms with Gasteiger partial charge >= 0.3 is 0 Å². The van der Waals surface area contributed by atoms with E-state index in [0.717, 1.165) is 12.3 Å². The van der Waals surface area contributed by atoms with Crippen LogP contribution in [0.15, 0.2) is 24.3 Å². The highest BCUT2D eigenvalue weighted by Gasteiger charge is 2.33. The first-order valence-corrected chi connectivity index (χ1v) is 6.84. The Labute approximate surface area is 104 Å². The molecule has 2 unspecified atom stereocenters. The molecule has 17 heavy (non-hydrogen) atoms. The quantitative estimate of drug-likeness (QED) is 0.804. The molecule has 2 aliphatic rings. The second-order valence-electron chi connectivity index (χ2n) is 5.71. The van der Waals surface area contributed by atoms with Gasteiger partial charge in [-0.2, -0.15) is 0 Å². The molecule has 0 amide bonds. The van der Waals surface area contributed by atoms with Gasteiger partial charge in [-0.1, -0.05) is 31.2 Å². The lowest BCUT2D eigenvalue weighted by Gasteiger charge is -2.35. The van der Waals surface area contributed by atoms with Crippen molar-refractivity contribution in [2.75, 3.05) is 13.1 Å². The molecule has 0 aromatic heterocycles. The van der Waals surface area contributed by atoms with Crippen LogP contribution in [-0.2, 0) is 0 Å². The SMILES string of the molecule is CC1CCN(C2CC(N)c3ccccc32)CC1. The van der Waals surface area contributed by atoms with Gasteiger partial charge < -0.3 is 5.73 Å². The Morgan fingerprint density at radius 2 is 1.76 bits per heavy atom. The number of rotatable bonds is 1. The monoisotopic (exact) mass is 230 g/mol. The maximum absolute atomic E-state index is 6.24. The Bertz CT molecular complexity index is 394. The predicted molar refractivity (Wildman–Crippen MR) is 70.7 cm³/mol. The van der Waals surface area contributed by atoms with E-state index in [0.29, 0.717) is 6.04 Å². The molecular weight excluding hydrogens is 208 g/mol. The lowest BCUT2D eigenvalue weighted by Crippen LogP contribution is -2.35. The van der Waals surface area contributed by atoms with Crippen LogP contribution in [0.1, 0.15) is 49.4 Å². The third-order valence-corrected chi connectivity index (χ3v) is 4.49. The van der Waals surface area contributed by atoms with Crippen molar-refractivity contribution in [2.24, 2.45) is 11.7 Å². The molecule has 2 N–H and O–H groups in total. The third kappa shape index (κ3) is 2.00. The smallest absolute Gasteiger partial charge is 0.0369 e. The van der Waals surface area contributed by atoms with Crippen molar-refractivity contribution in [3.8, 4) is 0 Å². The zero-order valence-electron chi connectivity index (χ0n) is 10.6. The number of nitrogens with two attached hydrogens (primary N) is 1. The van der Waals surface area contributed by atoms with Gasteiger partial charge in [0.15, 0.2) is 0 Å². The number of hydrogen-bond donors (Lipinski definition) is 1. The Morgan fingerprint density at radius 1 is 1.12 bits per heavy atom. The molecule has 0 spiro atoms. The van der Waals surface area contributed by atoms with Crippen molar-refractivity contribution in [1.82, 2.24) is 4.90 Å². The Balaban J connectivity index is 1.82. The molecule has 1 saturated heterocycles. The van der Waals surface area contributed by atoms with Crippen molar-refractivity contribution in [2.45, 2.75) is 38.3 Å². The van der Waals surface area contributed by atoms with Crippen LogP contribution in [-0.4, -0.2) is 18.0 Å². The number of hydrogen-bond acceptors (Lipinski definition) is 2. The van der Waals surface area contributed by atoms with E-state index >= 15 is 0 Å². The normalized spacial score (nSPS) is 30.5. The van der Waals surface area contributed by atoms with E-state index in [-0.39, 0.29) is 6.04 Å². The fourth-order valence-corrected chi connectivity index (χ4v) is 3.33. The van der Waals surface area contributed by atoms with E-state index in [1.54, 1.807) is 0 Å². The molecule has 0 saturated carbocycles. The molecule has 1 heterocycles. The third-order valence-electron chi connectivity index (χ3n) is 4.49. The lowest BCUT2D eigenvalue weighted by molar-refractivity contribution is 0.134. The maximum atomic E-state index is 6.24. The summed E-state index contributed by atoms with van der Waals surface area (Å²) in [4.78, 5) is 2.64. The molecule has 1 fully saturated rings. The second-order valence-corrected chi connectivity index (χ2v) is 5.71. The van der Waals surface area contributed by atoms with Gasteiger partial charge in [-0.05, 0) is 49.4 Å². The van der Waals surface area contributed by atoms with Crippen molar-refractivity contribution in [3.05, 3.63) is 35.4 Å². The van der Waals surface area contributed by atoms with Crippen molar-refractivity contribution in [3.63, 3.8) is 0 Å². The molecule has 2 nitrogen and oxygen atoms in total. The minimum absolute atomic E-state index is 0.246. The Morgan fingerprint density at radius 3 is 2.47 bits per heavy atom. The number of piperidine rings is 1. The minimum atomic E-state index is 0.246. The first-order valence-electron chi connectivity index (χ1n) is 6.84. The highest BCUT2D eigenvalue weighted by atomic mass is 15.2. The molecule has 0 bridgehead atoms. The van der Waals surface area contributed by atoms with Crippen LogP contribution in [0, 0.1) is 5.92 Å². The van der Waals surface area contributed by atoms with E-state index in [1.165, 1.54) is 37.1 Å². The van der Waals surface area contributed by atoms with E-state index in [2.05, 4.69) is 36.1 Å². The molecular formula is C15H22N2. The van der Waals surface area contributed by atoms with Crippen molar-refractivity contribution >= 4 is 0 Å². The van der Waals surface area contributed by atoms with Gasteiger partial charge in [0, 0.05) is 12.1 Å². The van der Waals surface area contributed by atoms with Gasteiger partial charge in [0.2, 0.25) is 0 Å². The van der Waals surface area contributed by atoms with Crippen LogP contribution in [0.2, 0.25) is 0 Å². The molecule has 92 valence electrons. The number of benzene rings is 1. The van der Waals surface area contributed by atoms with Gasteiger partial charge in [-0.15, -0.1) is 0 Å². The summed E-state index contributed by atoms with van der Waals surface area (Å²) in [7, 11) is 0. The van der Waals surface area contributed by atoms with Gasteiger partial charge in [0.1, 0.15) is 0 Å². The molecule has 1 aromatic carbocycles. The number of fused-ring (bicyclic) bond motifs is 1. The van der Waals surface area contributed by atoms with Crippen molar-refractivity contribution < 1.29 is 0 Å². The van der Waals surface area contributed by atoms with Gasteiger partial charge in [-0.3, -0.25) is 4.90 Å². The summed E-state index contributed by atoms with van der Waals surface area (Å²) >= 11 is 0. The number of nitrogens with zero attached hydrogens (tertiary/aromatic N) is 1. The summed E-state index contributed by atoms with van der Waals surface area (Å²) in [6, 6.07) is 9.55. The molecule has 3 rings (SSSR count). The molecule has 1 aliphatic carbocycles. The highest BCUT2D eigenvalue weighted by molar-refractivity contribution is 5.37. The topological polar surface area (TPSA) is 29.3 Å². The first kappa shape index (κ1) is 11.2. The van der Waals surface area contributed by atoms with Crippen LogP contribution in [0.25, 0.3) is 0 Å². The molecule has 2 atom stereocenters. The van der Waals surface area contributed by atoms with Crippen LogP contribution in [0.3, 0.4) is 0 Å². The lowest BCUT2D eigenvalue weighted by atomic mass is 9.96. The standard InChI is InChI=1S/C15H22N2/c1-11-6-8-17(9-7-11)15-10-14(16)12-4-2-3-5-13(12)15/h2-5,11,14-15H,6-10,16H2,1H3. The highest BCUT2D eigenvalue weighted by Crippen LogP contribution is 2.41. The summed E-state index contributed by atoms with van der Waals surface area (Å²) in [6.45, 7) is 4.85. The fourth-order valence-electron chi connectivity index (χ4n) is 3.33. The first-order chi connectivity index (χ1) is 8.25. The molecule has 1 aromatic rings. The van der Waals surface area contributed by atoms with E-state index < -0.39 is 0 Å². The summed E-state index contributed by atoms with van der Waals surface area (Å²) in [5.74, 6) is 0.900. The molecule has 1 aliphatic heterocycles. The van der Waals surface area contributed by atoms with Gasteiger partial charge in [0.25, 0.3) is 0 Å². The molecule has 0 radical (unpaired) electrons. The summed E-state index contributed by atoms with van der Waals surface area (Å²) < 4.78 is 0. The number of likely N-dealkylation sites (tertiary alicyclic amines) is 1. The Hall–Kier alpha value is -0.860.